The molecule has 0 bridgehead atoms. The molecule has 102 valence electrons. The van der Waals surface area contributed by atoms with Gasteiger partial charge in [-0.25, -0.2) is 0 Å². The highest BCUT2D eigenvalue weighted by atomic mass is 32.1. The van der Waals surface area contributed by atoms with Gasteiger partial charge >= 0.3 is 0 Å². The van der Waals surface area contributed by atoms with Crippen molar-refractivity contribution < 1.29 is 4.79 Å². The second kappa shape index (κ2) is 6.93. The summed E-state index contributed by atoms with van der Waals surface area (Å²) in [6.07, 6.45) is 0.856. The van der Waals surface area contributed by atoms with Gasteiger partial charge in [0.25, 0.3) is 5.91 Å². The standard InChI is InChI=1S/C17H17NOS/c1-13-5-6-15(12-14(13)2)7-8-17(19)18-10-9-16-4-3-11-20-16/h3-6,11-12H,9-10H2,1-2H3,(H,18,19). The summed E-state index contributed by atoms with van der Waals surface area (Å²) in [4.78, 5) is 12.9. The molecule has 0 spiro atoms. The van der Waals surface area contributed by atoms with Gasteiger partial charge in [-0.3, -0.25) is 4.79 Å². The van der Waals surface area contributed by atoms with Gasteiger partial charge in [-0.15, -0.1) is 11.3 Å². The number of hydrogen-bond donors (Lipinski definition) is 1. The number of carbonyl (C=O) groups excluding carboxylic acids is 1. The summed E-state index contributed by atoms with van der Waals surface area (Å²) in [7, 11) is 0. The van der Waals surface area contributed by atoms with Gasteiger partial charge in [0, 0.05) is 22.9 Å². The highest BCUT2D eigenvalue weighted by Gasteiger charge is 1.97. The predicted octanol–water partition coefficient (Wildman–Crippen LogP) is 3.08. The van der Waals surface area contributed by atoms with Crippen molar-refractivity contribution >= 4 is 17.2 Å². The molecule has 20 heavy (non-hydrogen) atoms. The molecule has 2 nitrogen and oxygen atoms in total. The van der Waals surface area contributed by atoms with E-state index in [9.17, 15) is 4.79 Å². The lowest BCUT2D eigenvalue weighted by Gasteiger charge is -1.99. The molecule has 1 aromatic carbocycles. The lowest BCUT2D eigenvalue weighted by atomic mass is 10.1. The Balaban J connectivity index is 1.85. The molecule has 1 N–H and O–H groups in total. The van der Waals surface area contributed by atoms with Crippen molar-refractivity contribution in [3.8, 4) is 11.8 Å². The summed E-state index contributed by atoms with van der Waals surface area (Å²) in [6.45, 7) is 4.73. The number of carbonyl (C=O) groups is 1. The Morgan fingerprint density at radius 2 is 2.10 bits per heavy atom. The third-order valence-corrected chi connectivity index (χ3v) is 4.00. The van der Waals surface area contributed by atoms with E-state index in [1.54, 1.807) is 11.3 Å². The quantitative estimate of drug-likeness (QED) is 0.862. The molecule has 1 amide bonds. The second-order valence-corrected chi connectivity index (χ2v) is 5.67. The summed E-state index contributed by atoms with van der Waals surface area (Å²) >= 11 is 1.70. The summed E-state index contributed by atoms with van der Waals surface area (Å²) in [5.74, 6) is 5.30. The van der Waals surface area contributed by atoms with Crippen LogP contribution in [0.15, 0.2) is 35.7 Å². The monoisotopic (exact) mass is 283 g/mol. The first-order valence-electron chi connectivity index (χ1n) is 6.54. The number of aryl methyl sites for hydroxylation is 2. The predicted molar refractivity (Wildman–Crippen MR) is 83.8 cm³/mol. The number of amides is 1. The molecule has 0 aliphatic carbocycles. The van der Waals surface area contributed by atoms with Crippen LogP contribution in [0, 0.1) is 25.7 Å². The Morgan fingerprint density at radius 3 is 2.80 bits per heavy atom. The van der Waals surface area contributed by atoms with E-state index < -0.39 is 0 Å². The first-order chi connectivity index (χ1) is 9.65. The zero-order valence-corrected chi connectivity index (χ0v) is 12.5. The van der Waals surface area contributed by atoms with E-state index in [0.29, 0.717) is 6.54 Å². The van der Waals surface area contributed by atoms with Crippen molar-refractivity contribution in [1.82, 2.24) is 5.32 Å². The molecule has 0 unspecified atom stereocenters. The zero-order valence-electron chi connectivity index (χ0n) is 11.7. The van der Waals surface area contributed by atoms with Crippen molar-refractivity contribution in [2.24, 2.45) is 0 Å². The van der Waals surface area contributed by atoms with Crippen LogP contribution < -0.4 is 5.32 Å². The minimum absolute atomic E-state index is 0.222. The normalized spacial score (nSPS) is 9.70. The van der Waals surface area contributed by atoms with Crippen molar-refractivity contribution in [2.45, 2.75) is 20.3 Å². The van der Waals surface area contributed by atoms with Gasteiger partial charge in [0.1, 0.15) is 0 Å². The Bertz CT molecular complexity index is 647. The molecule has 1 aromatic heterocycles. The molecule has 0 aliphatic heterocycles. The average Bonchev–Trinajstić information content (AvgIpc) is 2.93. The van der Waals surface area contributed by atoms with Crippen molar-refractivity contribution in [3.63, 3.8) is 0 Å². The summed E-state index contributed by atoms with van der Waals surface area (Å²) in [5, 5.41) is 4.85. The maximum Gasteiger partial charge on any atom is 0.296 e. The number of hydrogen-bond acceptors (Lipinski definition) is 2. The van der Waals surface area contributed by atoms with Gasteiger partial charge in [0.05, 0.1) is 0 Å². The highest BCUT2D eigenvalue weighted by Crippen LogP contribution is 2.09. The van der Waals surface area contributed by atoms with E-state index in [2.05, 4.69) is 30.1 Å². The topological polar surface area (TPSA) is 29.1 Å². The van der Waals surface area contributed by atoms with Crippen LogP contribution in [0.25, 0.3) is 0 Å². The SMILES string of the molecule is Cc1ccc(C#CC(=O)NCCc2cccs2)cc1C. The molecule has 0 radical (unpaired) electrons. The van der Waals surface area contributed by atoms with E-state index in [0.717, 1.165) is 12.0 Å². The Hall–Kier alpha value is -2.05. The van der Waals surface area contributed by atoms with E-state index in [1.807, 2.05) is 36.6 Å². The van der Waals surface area contributed by atoms with Crippen LogP contribution in [0.5, 0.6) is 0 Å². The third-order valence-electron chi connectivity index (χ3n) is 3.06. The number of nitrogens with one attached hydrogen (secondary N) is 1. The minimum atomic E-state index is -0.222. The summed E-state index contributed by atoms with van der Waals surface area (Å²) in [5.41, 5.74) is 3.30. The van der Waals surface area contributed by atoms with E-state index in [-0.39, 0.29) is 5.91 Å². The molecule has 1 heterocycles. The first kappa shape index (κ1) is 14.4. The van der Waals surface area contributed by atoms with E-state index in [4.69, 9.17) is 0 Å². The molecule has 2 rings (SSSR count). The van der Waals surface area contributed by atoms with Gasteiger partial charge in [0.2, 0.25) is 0 Å². The molecular weight excluding hydrogens is 266 g/mol. The van der Waals surface area contributed by atoms with Gasteiger partial charge in [0.15, 0.2) is 0 Å². The van der Waals surface area contributed by atoms with Crippen LogP contribution in [-0.4, -0.2) is 12.5 Å². The van der Waals surface area contributed by atoms with Crippen LogP contribution in [0.1, 0.15) is 21.6 Å². The number of benzene rings is 1. The lowest BCUT2D eigenvalue weighted by Crippen LogP contribution is -2.23. The lowest BCUT2D eigenvalue weighted by molar-refractivity contribution is -0.115. The van der Waals surface area contributed by atoms with Gasteiger partial charge in [-0.1, -0.05) is 18.1 Å². The summed E-state index contributed by atoms with van der Waals surface area (Å²) < 4.78 is 0. The second-order valence-electron chi connectivity index (χ2n) is 4.63. The van der Waals surface area contributed by atoms with Crippen molar-refractivity contribution in [3.05, 3.63) is 57.3 Å². The summed E-state index contributed by atoms with van der Waals surface area (Å²) in [6, 6.07) is 10.0. The molecule has 3 heteroatoms. The zero-order chi connectivity index (χ0) is 14.4. The van der Waals surface area contributed by atoms with Crippen molar-refractivity contribution in [1.29, 1.82) is 0 Å². The van der Waals surface area contributed by atoms with Gasteiger partial charge in [-0.2, -0.15) is 0 Å². The molecule has 2 aromatic rings. The molecule has 0 saturated heterocycles. The van der Waals surface area contributed by atoms with Crippen molar-refractivity contribution in [2.75, 3.05) is 6.54 Å². The smallest absolute Gasteiger partial charge is 0.296 e. The molecule has 0 aliphatic rings. The van der Waals surface area contributed by atoms with Crippen LogP contribution in [0.4, 0.5) is 0 Å². The maximum absolute atomic E-state index is 11.6. The molecule has 0 saturated carbocycles. The molecule has 0 atom stereocenters. The van der Waals surface area contributed by atoms with Crippen LogP contribution in [0.2, 0.25) is 0 Å². The number of thiophene rings is 1. The van der Waals surface area contributed by atoms with E-state index in [1.165, 1.54) is 16.0 Å². The average molecular weight is 283 g/mol. The number of rotatable bonds is 3. The molecular formula is C17H17NOS. The third kappa shape index (κ3) is 4.25. The Labute approximate surface area is 123 Å². The van der Waals surface area contributed by atoms with E-state index >= 15 is 0 Å². The maximum atomic E-state index is 11.6. The highest BCUT2D eigenvalue weighted by molar-refractivity contribution is 7.09. The fraction of sp³-hybridized carbons (Fsp3) is 0.235. The fourth-order valence-electron chi connectivity index (χ4n) is 1.75. The van der Waals surface area contributed by atoms with Crippen LogP contribution in [-0.2, 0) is 11.2 Å². The van der Waals surface area contributed by atoms with Crippen LogP contribution in [0.3, 0.4) is 0 Å². The Morgan fingerprint density at radius 1 is 1.25 bits per heavy atom. The first-order valence-corrected chi connectivity index (χ1v) is 7.42. The van der Waals surface area contributed by atoms with Gasteiger partial charge < -0.3 is 5.32 Å². The Kier molecular flexibility index (Phi) is 4.97. The largest absolute Gasteiger partial charge is 0.345 e. The van der Waals surface area contributed by atoms with Gasteiger partial charge in [-0.05, 0) is 55.0 Å². The fourth-order valence-corrected chi connectivity index (χ4v) is 2.46. The molecule has 0 fully saturated rings. The minimum Gasteiger partial charge on any atom is -0.345 e. The van der Waals surface area contributed by atoms with Crippen LogP contribution >= 0.6 is 11.3 Å².